The molecular formula is C18H10F2N2O3. The first kappa shape index (κ1) is 16.2. The first-order chi connectivity index (χ1) is 11.9. The van der Waals surface area contributed by atoms with Gasteiger partial charge in [0.1, 0.15) is 29.0 Å². The van der Waals surface area contributed by atoms with Crippen molar-refractivity contribution in [1.82, 2.24) is 4.57 Å². The van der Waals surface area contributed by atoms with E-state index in [4.69, 9.17) is 5.11 Å². The Morgan fingerprint density at radius 3 is 2.48 bits per heavy atom. The molecule has 0 radical (unpaired) electrons. The zero-order valence-electron chi connectivity index (χ0n) is 12.6. The second-order valence-electron chi connectivity index (χ2n) is 5.24. The zero-order valence-corrected chi connectivity index (χ0v) is 12.6. The molecule has 0 aliphatic heterocycles. The molecule has 3 rings (SSSR count). The van der Waals surface area contributed by atoms with Gasteiger partial charge in [0, 0.05) is 35.3 Å². The Hall–Kier alpha value is -3.66. The van der Waals surface area contributed by atoms with Gasteiger partial charge in [-0.15, -0.1) is 0 Å². The van der Waals surface area contributed by atoms with Gasteiger partial charge in [-0.2, -0.15) is 5.26 Å². The van der Waals surface area contributed by atoms with E-state index in [1.807, 2.05) is 6.07 Å². The molecule has 0 saturated heterocycles. The minimum atomic E-state index is -1.28. The number of carbonyl (C=O) groups is 1. The molecule has 0 atom stereocenters. The van der Waals surface area contributed by atoms with Crippen LogP contribution in [-0.2, 0) is 0 Å². The molecule has 124 valence electrons. The summed E-state index contributed by atoms with van der Waals surface area (Å²) in [5, 5.41) is 28.0. The summed E-state index contributed by atoms with van der Waals surface area (Å²) in [6.45, 7) is 0. The van der Waals surface area contributed by atoms with Crippen LogP contribution >= 0.6 is 0 Å². The fourth-order valence-electron chi connectivity index (χ4n) is 2.47. The lowest BCUT2D eigenvalue weighted by molar-refractivity contribution is 0.0693. The van der Waals surface area contributed by atoms with Gasteiger partial charge in [0.25, 0.3) is 0 Å². The number of carboxylic acid groups (broad SMARTS) is 1. The van der Waals surface area contributed by atoms with Crippen molar-refractivity contribution in [3.63, 3.8) is 0 Å². The smallest absolute Gasteiger partial charge is 0.339 e. The Kier molecular flexibility index (Phi) is 3.95. The van der Waals surface area contributed by atoms with Gasteiger partial charge in [-0.25, -0.2) is 13.6 Å². The lowest BCUT2D eigenvalue weighted by Gasteiger charge is -2.06. The maximum Gasteiger partial charge on any atom is 0.339 e. The van der Waals surface area contributed by atoms with Crippen LogP contribution in [0.5, 0.6) is 5.75 Å². The van der Waals surface area contributed by atoms with Crippen LogP contribution in [0.15, 0.2) is 48.8 Å². The molecule has 3 aromatic rings. The van der Waals surface area contributed by atoms with E-state index in [0.717, 1.165) is 18.2 Å². The van der Waals surface area contributed by atoms with E-state index >= 15 is 0 Å². The number of phenols is 1. The van der Waals surface area contributed by atoms with E-state index in [0.29, 0.717) is 5.69 Å². The van der Waals surface area contributed by atoms with Gasteiger partial charge in [0.05, 0.1) is 5.56 Å². The lowest BCUT2D eigenvalue weighted by atomic mass is 10.0. The van der Waals surface area contributed by atoms with Gasteiger partial charge < -0.3 is 14.8 Å². The SMILES string of the molecule is N#Cc1cn(-c2ccc(C(=O)O)c(O)c2)cc1-c1cc(F)ccc1F. The Morgan fingerprint density at radius 1 is 1.08 bits per heavy atom. The minimum Gasteiger partial charge on any atom is -0.507 e. The van der Waals surface area contributed by atoms with Gasteiger partial charge in [-0.1, -0.05) is 0 Å². The number of aromatic carboxylic acids is 1. The Labute approximate surface area is 140 Å². The van der Waals surface area contributed by atoms with Gasteiger partial charge in [-0.05, 0) is 30.3 Å². The number of aromatic nitrogens is 1. The van der Waals surface area contributed by atoms with E-state index in [9.17, 15) is 23.9 Å². The van der Waals surface area contributed by atoms with Gasteiger partial charge in [0.15, 0.2) is 0 Å². The third-order valence-electron chi connectivity index (χ3n) is 3.68. The average Bonchev–Trinajstić information content (AvgIpc) is 3.00. The molecule has 0 saturated carbocycles. The van der Waals surface area contributed by atoms with Crippen LogP contribution in [-0.4, -0.2) is 20.7 Å². The number of nitriles is 1. The number of hydrogen-bond acceptors (Lipinski definition) is 3. The standard InChI is InChI=1S/C18H10F2N2O3/c19-11-1-4-16(20)14(5-11)15-9-22(8-10(15)7-21)12-2-3-13(18(24)25)17(23)6-12/h1-6,8-9,23H,(H,24,25). The molecule has 0 fully saturated rings. The highest BCUT2D eigenvalue weighted by molar-refractivity contribution is 5.91. The van der Waals surface area contributed by atoms with Crippen LogP contribution < -0.4 is 0 Å². The molecule has 0 spiro atoms. The van der Waals surface area contributed by atoms with Crippen LogP contribution in [0.4, 0.5) is 8.78 Å². The van der Waals surface area contributed by atoms with Crippen molar-refractivity contribution in [2.75, 3.05) is 0 Å². The summed E-state index contributed by atoms with van der Waals surface area (Å²) in [4.78, 5) is 10.9. The summed E-state index contributed by atoms with van der Waals surface area (Å²) in [7, 11) is 0. The molecule has 0 amide bonds. The molecule has 0 unspecified atom stereocenters. The summed E-state index contributed by atoms with van der Waals surface area (Å²) in [6.07, 6.45) is 2.79. The highest BCUT2D eigenvalue weighted by atomic mass is 19.1. The summed E-state index contributed by atoms with van der Waals surface area (Å²) in [5.41, 5.74) is 0.309. The van der Waals surface area contributed by atoms with E-state index in [-0.39, 0.29) is 22.3 Å². The van der Waals surface area contributed by atoms with Crippen LogP contribution in [0, 0.1) is 23.0 Å². The average molecular weight is 340 g/mol. The number of halogens is 2. The third kappa shape index (κ3) is 2.93. The Bertz CT molecular complexity index is 1040. The van der Waals surface area contributed by atoms with E-state index in [1.54, 1.807) is 0 Å². The number of carboxylic acids is 1. The van der Waals surface area contributed by atoms with Gasteiger partial charge in [-0.3, -0.25) is 0 Å². The molecule has 7 heteroatoms. The number of nitrogens with zero attached hydrogens (tertiary/aromatic N) is 2. The minimum absolute atomic E-state index is 0.0679. The first-order valence-corrected chi connectivity index (χ1v) is 7.05. The number of rotatable bonds is 3. The Balaban J connectivity index is 2.13. The van der Waals surface area contributed by atoms with Crippen LogP contribution in [0.3, 0.4) is 0 Å². The van der Waals surface area contributed by atoms with E-state index < -0.39 is 23.4 Å². The van der Waals surface area contributed by atoms with Crippen molar-refractivity contribution in [2.45, 2.75) is 0 Å². The molecule has 2 aromatic carbocycles. The molecule has 25 heavy (non-hydrogen) atoms. The zero-order chi connectivity index (χ0) is 18.1. The maximum atomic E-state index is 14.0. The molecule has 1 heterocycles. The normalized spacial score (nSPS) is 10.4. The van der Waals surface area contributed by atoms with Crippen LogP contribution in [0.1, 0.15) is 15.9 Å². The molecule has 2 N–H and O–H groups in total. The number of hydrogen-bond donors (Lipinski definition) is 2. The monoisotopic (exact) mass is 340 g/mol. The quantitative estimate of drug-likeness (QED) is 0.761. The van der Waals surface area contributed by atoms with Crippen molar-refractivity contribution in [3.05, 3.63) is 71.6 Å². The van der Waals surface area contributed by atoms with Crippen molar-refractivity contribution in [1.29, 1.82) is 5.26 Å². The fourth-order valence-corrected chi connectivity index (χ4v) is 2.47. The van der Waals surface area contributed by atoms with Crippen LogP contribution in [0.25, 0.3) is 16.8 Å². The number of aromatic hydroxyl groups is 1. The molecule has 0 bridgehead atoms. The number of benzene rings is 2. The van der Waals surface area contributed by atoms with Crippen molar-refractivity contribution in [3.8, 4) is 28.6 Å². The first-order valence-electron chi connectivity index (χ1n) is 7.05. The summed E-state index contributed by atoms with van der Waals surface area (Å²) in [6, 6.07) is 8.68. The molecule has 1 aromatic heterocycles. The third-order valence-corrected chi connectivity index (χ3v) is 3.68. The maximum absolute atomic E-state index is 14.0. The van der Waals surface area contributed by atoms with Crippen LogP contribution in [0.2, 0.25) is 0 Å². The topological polar surface area (TPSA) is 86.2 Å². The fraction of sp³-hybridized carbons (Fsp3) is 0. The summed E-state index contributed by atoms with van der Waals surface area (Å²) >= 11 is 0. The second kappa shape index (κ2) is 6.09. The molecule has 5 nitrogen and oxygen atoms in total. The Morgan fingerprint density at radius 2 is 1.84 bits per heavy atom. The van der Waals surface area contributed by atoms with Crippen molar-refractivity contribution < 1.29 is 23.8 Å². The molecule has 0 aliphatic rings. The largest absolute Gasteiger partial charge is 0.507 e. The highest BCUT2D eigenvalue weighted by Crippen LogP contribution is 2.30. The van der Waals surface area contributed by atoms with Crippen molar-refractivity contribution in [2.24, 2.45) is 0 Å². The predicted octanol–water partition coefficient (Wildman–Crippen LogP) is 3.70. The van der Waals surface area contributed by atoms with E-state index in [1.165, 1.54) is 35.2 Å². The van der Waals surface area contributed by atoms with Crippen molar-refractivity contribution >= 4 is 5.97 Å². The predicted molar refractivity (Wildman–Crippen MR) is 84.5 cm³/mol. The summed E-state index contributed by atoms with van der Waals surface area (Å²) in [5.74, 6) is -3.05. The van der Waals surface area contributed by atoms with Gasteiger partial charge >= 0.3 is 5.97 Å². The molecular weight excluding hydrogens is 330 g/mol. The highest BCUT2D eigenvalue weighted by Gasteiger charge is 2.16. The lowest BCUT2D eigenvalue weighted by Crippen LogP contribution is -1.98. The van der Waals surface area contributed by atoms with Gasteiger partial charge in [0.2, 0.25) is 0 Å². The molecule has 0 aliphatic carbocycles. The van der Waals surface area contributed by atoms with E-state index in [2.05, 4.69) is 0 Å². The second-order valence-corrected chi connectivity index (χ2v) is 5.24. The summed E-state index contributed by atoms with van der Waals surface area (Å²) < 4.78 is 28.8.